The van der Waals surface area contributed by atoms with Gasteiger partial charge in [-0.2, -0.15) is 10.4 Å². The number of methoxy groups -OCH3 is 1. The lowest BCUT2D eigenvalue weighted by Gasteiger charge is -2.07. The average molecular weight is 383 g/mol. The number of hydrogen-bond acceptors (Lipinski definition) is 6. The number of hydrogen-bond donors (Lipinski definition) is 1. The lowest BCUT2D eigenvalue weighted by molar-refractivity contribution is 0.416. The molecule has 0 aliphatic heterocycles. The smallest absolute Gasteiger partial charge is 0.196 e. The van der Waals surface area contributed by atoms with Gasteiger partial charge in [-0.1, -0.05) is 41.4 Å². The van der Waals surface area contributed by atoms with Crippen LogP contribution >= 0.6 is 22.9 Å². The van der Waals surface area contributed by atoms with E-state index in [-0.39, 0.29) is 5.71 Å². The molecule has 0 bridgehead atoms. The van der Waals surface area contributed by atoms with Gasteiger partial charge in [-0.25, -0.2) is 4.98 Å². The quantitative estimate of drug-likeness (QED) is 0.491. The number of rotatable bonds is 5. The van der Waals surface area contributed by atoms with Crippen molar-refractivity contribution >= 4 is 34.3 Å². The van der Waals surface area contributed by atoms with E-state index in [1.807, 2.05) is 36.6 Å². The highest BCUT2D eigenvalue weighted by atomic mass is 35.5. The maximum Gasteiger partial charge on any atom is 0.196 e. The van der Waals surface area contributed by atoms with Crippen molar-refractivity contribution in [2.75, 3.05) is 12.5 Å². The zero-order valence-electron chi connectivity index (χ0n) is 14.2. The molecule has 0 atom stereocenters. The molecule has 0 amide bonds. The summed E-state index contributed by atoms with van der Waals surface area (Å²) in [6.45, 7) is 2.03. The first-order valence-electron chi connectivity index (χ1n) is 7.71. The Hall–Kier alpha value is -2.88. The summed E-state index contributed by atoms with van der Waals surface area (Å²) in [7, 11) is 1.55. The van der Waals surface area contributed by atoms with E-state index in [0.717, 1.165) is 11.3 Å². The van der Waals surface area contributed by atoms with E-state index in [0.29, 0.717) is 21.5 Å². The Bertz CT molecular complexity index is 990. The van der Waals surface area contributed by atoms with Crippen LogP contribution in [0.1, 0.15) is 10.6 Å². The first kappa shape index (κ1) is 17.9. The topological polar surface area (TPSA) is 70.3 Å². The van der Waals surface area contributed by atoms with Crippen LogP contribution in [0.15, 0.2) is 52.9 Å². The first-order chi connectivity index (χ1) is 12.6. The summed E-state index contributed by atoms with van der Waals surface area (Å²) in [5.41, 5.74) is 6.59. The number of ether oxygens (including phenoxy) is 1. The van der Waals surface area contributed by atoms with Crippen LogP contribution in [-0.4, -0.2) is 17.8 Å². The van der Waals surface area contributed by atoms with Crippen molar-refractivity contribution in [1.29, 1.82) is 5.26 Å². The van der Waals surface area contributed by atoms with Crippen LogP contribution in [0.3, 0.4) is 0 Å². The summed E-state index contributed by atoms with van der Waals surface area (Å²) < 4.78 is 5.26. The number of aryl methyl sites for hydroxylation is 1. The van der Waals surface area contributed by atoms with Crippen LogP contribution in [0.5, 0.6) is 5.75 Å². The fraction of sp³-hybridized carbons (Fsp3) is 0.105. The van der Waals surface area contributed by atoms with Crippen molar-refractivity contribution in [1.82, 2.24) is 4.98 Å². The van der Waals surface area contributed by atoms with Crippen LogP contribution in [0.4, 0.5) is 5.69 Å². The fourth-order valence-corrected chi connectivity index (χ4v) is 3.18. The van der Waals surface area contributed by atoms with Crippen molar-refractivity contribution in [3.8, 4) is 23.1 Å². The molecule has 7 heteroatoms. The second-order valence-corrected chi connectivity index (χ2v) is 6.73. The maximum atomic E-state index is 9.44. The Morgan fingerprint density at radius 3 is 2.73 bits per heavy atom. The highest BCUT2D eigenvalue weighted by molar-refractivity contribution is 7.12. The van der Waals surface area contributed by atoms with Crippen molar-refractivity contribution in [3.05, 3.63) is 63.4 Å². The number of anilines is 1. The summed E-state index contributed by atoms with van der Waals surface area (Å²) >= 11 is 7.37. The first-order valence-corrected chi connectivity index (χ1v) is 8.96. The number of nitrogens with zero attached hydrogens (tertiary/aromatic N) is 3. The van der Waals surface area contributed by atoms with Crippen LogP contribution in [0.25, 0.3) is 11.3 Å². The Kier molecular flexibility index (Phi) is 5.52. The normalized spacial score (nSPS) is 11.1. The molecule has 3 aromatic rings. The Morgan fingerprint density at radius 1 is 1.27 bits per heavy atom. The number of hydrazone groups is 1. The van der Waals surface area contributed by atoms with E-state index in [2.05, 4.69) is 21.6 Å². The second kappa shape index (κ2) is 8.00. The third kappa shape index (κ3) is 4.02. The average Bonchev–Trinajstić information content (AvgIpc) is 3.13. The molecule has 0 radical (unpaired) electrons. The zero-order chi connectivity index (χ0) is 18.5. The molecule has 130 valence electrons. The minimum absolute atomic E-state index is 0.190. The molecule has 0 saturated heterocycles. The van der Waals surface area contributed by atoms with Gasteiger partial charge in [0.1, 0.15) is 11.8 Å². The lowest BCUT2D eigenvalue weighted by Crippen LogP contribution is -2.02. The van der Waals surface area contributed by atoms with Gasteiger partial charge in [0.2, 0.25) is 0 Å². The molecule has 1 aromatic heterocycles. The molecular weight excluding hydrogens is 368 g/mol. The number of thiazole rings is 1. The number of benzene rings is 2. The van der Waals surface area contributed by atoms with Gasteiger partial charge >= 0.3 is 0 Å². The monoisotopic (exact) mass is 382 g/mol. The molecule has 1 N–H and O–H groups in total. The minimum atomic E-state index is 0.190. The highest BCUT2D eigenvalue weighted by Gasteiger charge is 2.11. The summed E-state index contributed by atoms with van der Waals surface area (Å²) in [5.74, 6) is 0.579. The van der Waals surface area contributed by atoms with E-state index in [1.54, 1.807) is 25.3 Å². The molecule has 1 heterocycles. The molecule has 26 heavy (non-hydrogen) atoms. The van der Waals surface area contributed by atoms with Crippen molar-refractivity contribution in [3.63, 3.8) is 0 Å². The number of halogens is 1. The summed E-state index contributed by atoms with van der Waals surface area (Å²) in [5, 5.41) is 16.6. The van der Waals surface area contributed by atoms with Gasteiger partial charge in [-0.3, -0.25) is 5.43 Å². The number of nitrogens with one attached hydrogen (secondary N) is 1. The summed E-state index contributed by atoms with van der Waals surface area (Å²) in [6, 6.07) is 15.3. The third-order valence-corrected chi connectivity index (χ3v) is 4.69. The largest absolute Gasteiger partial charge is 0.495 e. The molecule has 0 unspecified atom stereocenters. The number of aromatic nitrogens is 1. The third-order valence-electron chi connectivity index (χ3n) is 3.61. The second-order valence-electron chi connectivity index (χ2n) is 5.43. The van der Waals surface area contributed by atoms with Gasteiger partial charge in [0.25, 0.3) is 0 Å². The Labute approximate surface area is 160 Å². The molecule has 3 rings (SSSR count). The fourth-order valence-electron chi connectivity index (χ4n) is 2.24. The molecule has 0 saturated carbocycles. The molecule has 0 aliphatic carbocycles. The van der Waals surface area contributed by atoms with E-state index in [1.165, 1.54) is 16.9 Å². The highest BCUT2D eigenvalue weighted by Crippen LogP contribution is 2.28. The van der Waals surface area contributed by atoms with Gasteiger partial charge in [0.05, 0.1) is 18.5 Å². The van der Waals surface area contributed by atoms with Gasteiger partial charge in [-0.05, 0) is 25.1 Å². The zero-order valence-corrected chi connectivity index (χ0v) is 15.7. The van der Waals surface area contributed by atoms with Crippen LogP contribution in [0.2, 0.25) is 5.02 Å². The van der Waals surface area contributed by atoms with Crippen LogP contribution in [0, 0.1) is 18.3 Å². The maximum absolute atomic E-state index is 9.44. The predicted octanol–water partition coefficient (Wildman–Crippen LogP) is 5.12. The lowest BCUT2D eigenvalue weighted by atomic mass is 10.1. The standard InChI is InChI=1S/C19H15ClN4OS/c1-12-3-5-13(6-4-12)17-11-26-19(22-17)16(10-21)24-23-15-9-14(20)7-8-18(15)25-2/h3-9,11,23H,1-2H3/b24-16-. The molecular formula is C19H15ClN4OS. The Morgan fingerprint density at radius 2 is 2.04 bits per heavy atom. The van der Waals surface area contributed by atoms with Gasteiger partial charge in [0.15, 0.2) is 10.7 Å². The number of nitriles is 1. The van der Waals surface area contributed by atoms with E-state index < -0.39 is 0 Å². The van der Waals surface area contributed by atoms with Crippen molar-refractivity contribution < 1.29 is 4.74 Å². The predicted molar refractivity (Wildman–Crippen MR) is 106 cm³/mol. The van der Waals surface area contributed by atoms with Crippen LogP contribution in [-0.2, 0) is 0 Å². The Balaban J connectivity index is 1.86. The SMILES string of the molecule is COc1ccc(Cl)cc1N/N=C(/C#N)c1nc(-c2ccc(C)cc2)cs1. The van der Waals surface area contributed by atoms with E-state index in [9.17, 15) is 5.26 Å². The van der Waals surface area contributed by atoms with E-state index in [4.69, 9.17) is 16.3 Å². The van der Waals surface area contributed by atoms with Crippen molar-refractivity contribution in [2.45, 2.75) is 6.92 Å². The summed E-state index contributed by atoms with van der Waals surface area (Å²) in [6.07, 6.45) is 0. The molecule has 2 aromatic carbocycles. The van der Waals surface area contributed by atoms with Gasteiger partial charge < -0.3 is 4.74 Å². The van der Waals surface area contributed by atoms with Gasteiger partial charge in [0, 0.05) is 16.0 Å². The molecule has 0 spiro atoms. The van der Waals surface area contributed by atoms with Gasteiger partial charge in [-0.15, -0.1) is 11.3 Å². The van der Waals surface area contributed by atoms with Crippen LogP contribution < -0.4 is 10.2 Å². The minimum Gasteiger partial charge on any atom is -0.495 e. The van der Waals surface area contributed by atoms with E-state index >= 15 is 0 Å². The molecule has 5 nitrogen and oxygen atoms in total. The van der Waals surface area contributed by atoms with Crippen molar-refractivity contribution in [2.24, 2.45) is 5.10 Å². The summed E-state index contributed by atoms with van der Waals surface area (Å²) in [4.78, 5) is 4.52. The molecule has 0 aliphatic rings. The molecule has 0 fully saturated rings.